The Morgan fingerprint density at radius 2 is 1.83 bits per heavy atom. The highest BCUT2D eigenvalue weighted by molar-refractivity contribution is 8.02. The molecular formula is C33H43N3O5S. The molecule has 8 nitrogen and oxygen atoms in total. The van der Waals surface area contributed by atoms with Crippen molar-refractivity contribution in [2.75, 3.05) is 23.8 Å². The Labute approximate surface area is 253 Å². The third kappa shape index (κ3) is 4.98. The van der Waals surface area contributed by atoms with Gasteiger partial charge in [0.25, 0.3) is 0 Å². The first-order chi connectivity index (χ1) is 20.1. The molecule has 3 fully saturated rings. The van der Waals surface area contributed by atoms with Crippen LogP contribution in [0.25, 0.3) is 0 Å². The van der Waals surface area contributed by atoms with Crippen molar-refractivity contribution >= 4 is 40.9 Å². The zero-order chi connectivity index (χ0) is 30.3. The average Bonchev–Trinajstić information content (AvgIpc) is 3.56. The number of carbonyl (C=O) groups is 3. The number of carbonyl (C=O) groups excluding carboxylic acids is 3. The first kappa shape index (κ1) is 30.4. The Balaban J connectivity index is 1.52. The Hall–Kier alpha value is -3.04. The number of likely N-dealkylation sites (tertiary alicyclic amines) is 1. The molecule has 9 heteroatoms. The predicted molar refractivity (Wildman–Crippen MR) is 167 cm³/mol. The molecule has 0 aromatic heterocycles. The van der Waals surface area contributed by atoms with Gasteiger partial charge in [-0.3, -0.25) is 14.4 Å². The standard InChI is InChI=1S/C33H43N3O5S/c1-7-19(4)25(17-37)36-29(31(39)35-24-15-18(3)9-10-20(24)5)33-21(6)16-26(42-33)27(28(33)32(36)40)30(38)34-22-11-13-23(14-12-22)41-8-2/h9-15,19,21,25-29,37H,7-8,16-17H2,1-6H3,(H,34,38)(H,35,39)/t19-,21?,25-,26+,27-,28-,29?,33?/m0/s1. The fraction of sp³-hybridized carbons (Fsp3) is 0.545. The van der Waals surface area contributed by atoms with Crippen LogP contribution in [0.3, 0.4) is 0 Å². The topological polar surface area (TPSA) is 108 Å². The van der Waals surface area contributed by atoms with Gasteiger partial charge in [0.1, 0.15) is 11.8 Å². The summed E-state index contributed by atoms with van der Waals surface area (Å²) in [6.45, 7) is 12.3. The highest BCUT2D eigenvalue weighted by Gasteiger charge is 2.76. The summed E-state index contributed by atoms with van der Waals surface area (Å²) in [5.74, 6) is -1.18. The highest BCUT2D eigenvalue weighted by Crippen LogP contribution is 2.69. The van der Waals surface area contributed by atoms with E-state index in [1.807, 2.05) is 65.0 Å². The molecule has 226 valence electrons. The van der Waals surface area contributed by atoms with Crippen molar-refractivity contribution in [2.24, 2.45) is 23.7 Å². The minimum Gasteiger partial charge on any atom is -0.494 e. The van der Waals surface area contributed by atoms with Gasteiger partial charge in [0.15, 0.2) is 0 Å². The van der Waals surface area contributed by atoms with Crippen LogP contribution in [0.2, 0.25) is 0 Å². The molecule has 3 aliphatic heterocycles. The van der Waals surface area contributed by atoms with E-state index in [9.17, 15) is 19.5 Å². The number of hydrogen-bond acceptors (Lipinski definition) is 6. The normalized spacial score (nSPS) is 29.3. The lowest BCUT2D eigenvalue weighted by atomic mass is 9.65. The van der Waals surface area contributed by atoms with Gasteiger partial charge in [-0.25, -0.2) is 0 Å². The zero-order valence-corrected chi connectivity index (χ0v) is 26.2. The molecule has 8 atom stereocenters. The first-order valence-electron chi connectivity index (χ1n) is 15.1. The Bertz CT molecular complexity index is 1350. The van der Waals surface area contributed by atoms with Gasteiger partial charge in [0.05, 0.1) is 35.8 Å². The summed E-state index contributed by atoms with van der Waals surface area (Å²) in [6, 6.07) is 11.8. The Morgan fingerprint density at radius 3 is 2.48 bits per heavy atom. The number of benzene rings is 2. The Kier molecular flexibility index (Phi) is 8.63. The number of thioether (sulfide) groups is 1. The molecular weight excluding hydrogens is 550 g/mol. The summed E-state index contributed by atoms with van der Waals surface area (Å²) in [7, 11) is 0. The number of rotatable bonds is 10. The van der Waals surface area contributed by atoms with Gasteiger partial charge in [0, 0.05) is 16.6 Å². The van der Waals surface area contributed by atoms with Crippen molar-refractivity contribution in [2.45, 2.75) is 76.5 Å². The number of aliphatic hydroxyl groups is 1. The molecule has 3 aliphatic rings. The molecule has 2 aromatic rings. The fourth-order valence-electron chi connectivity index (χ4n) is 7.33. The molecule has 3 saturated heterocycles. The molecule has 2 aromatic carbocycles. The summed E-state index contributed by atoms with van der Waals surface area (Å²) in [5.41, 5.74) is 3.31. The van der Waals surface area contributed by atoms with Crippen molar-refractivity contribution in [3.63, 3.8) is 0 Å². The molecule has 0 aliphatic carbocycles. The summed E-state index contributed by atoms with van der Waals surface area (Å²) in [6.07, 6.45) is 1.48. The summed E-state index contributed by atoms with van der Waals surface area (Å²) in [5, 5.41) is 16.7. The number of hydrogen-bond donors (Lipinski definition) is 3. The SMILES string of the molecule is CCOc1ccc(NC(=O)[C@@H]2[C@H]3C(=O)N([C@@H](CO)[C@@H](C)CC)C(C(=O)Nc4cc(C)ccc4C)C34S[C@@H]2CC4C)cc1. The van der Waals surface area contributed by atoms with Crippen LogP contribution in [0.1, 0.15) is 51.7 Å². The maximum atomic E-state index is 14.5. The number of ether oxygens (including phenoxy) is 1. The summed E-state index contributed by atoms with van der Waals surface area (Å²) < 4.78 is 4.75. The quantitative estimate of drug-likeness (QED) is 0.357. The van der Waals surface area contributed by atoms with Crippen LogP contribution in [0.5, 0.6) is 5.75 Å². The second kappa shape index (κ2) is 11.9. The third-order valence-corrected chi connectivity index (χ3v) is 11.7. The summed E-state index contributed by atoms with van der Waals surface area (Å²) >= 11 is 1.64. The second-order valence-electron chi connectivity index (χ2n) is 12.2. The van der Waals surface area contributed by atoms with Gasteiger partial charge in [-0.2, -0.15) is 0 Å². The maximum Gasteiger partial charge on any atom is 0.248 e. The Morgan fingerprint density at radius 1 is 1.12 bits per heavy atom. The fourth-order valence-corrected chi connectivity index (χ4v) is 9.74. The largest absolute Gasteiger partial charge is 0.494 e. The lowest BCUT2D eigenvalue weighted by Crippen LogP contribution is -2.58. The van der Waals surface area contributed by atoms with Crippen molar-refractivity contribution in [3.05, 3.63) is 53.6 Å². The van der Waals surface area contributed by atoms with E-state index in [1.165, 1.54) is 0 Å². The molecule has 5 rings (SSSR count). The van der Waals surface area contributed by atoms with Gasteiger partial charge in [0.2, 0.25) is 17.7 Å². The number of nitrogens with zero attached hydrogens (tertiary/aromatic N) is 1. The number of amides is 3. The van der Waals surface area contributed by atoms with E-state index in [4.69, 9.17) is 4.74 Å². The first-order valence-corrected chi connectivity index (χ1v) is 16.0. The van der Waals surface area contributed by atoms with Gasteiger partial charge in [-0.05, 0) is 80.5 Å². The number of aliphatic hydroxyl groups excluding tert-OH is 1. The molecule has 3 unspecified atom stereocenters. The van der Waals surface area contributed by atoms with Gasteiger partial charge < -0.3 is 25.4 Å². The predicted octanol–water partition coefficient (Wildman–Crippen LogP) is 5.02. The zero-order valence-electron chi connectivity index (χ0n) is 25.3. The van der Waals surface area contributed by atoms with Crippen LogP contribution in [-0.2, 0) is 14.4 Å². The van der Waals surface area contributed by atoms with Crippen molar-refractivity contribution < 1.29 is 24.2 Å². The molecule has 42 heavy (non-hydrogen) atoms. The van der Waals surface area contributed by atoms with E-state index in [0.717, 1.165) is 29.7 Å². The average molecular weight is 594 g/mol. The summed E-state index contributed by atoms with van der Waals surface area (Å²) in [4.78, 5) is 44.5. The lowest BCUT2D eigenvalue weighted by Gasteiger charge is -2.41. The maximum absolute atomic E-state index is 14.5. The smallest absolute Gasteiger partial charge is 0.248 e. The lowest BCUT2D eigenvalue weighted by molar-refractivity contribution is -0.142. The molecule has 3 N–H and O–H groups in total. The molecule has 3 heterocycles. The van der Waals surface area contributed by atoms with Gasteiger partial charge in [-0.15, -0.1) is 11.8 Å². The van der Waals surface area contributed by atoms with Crippen LogP contribution in [0.4, 0.5) is 11.4 Å². The monoisotopic (exact) mass is 593 g/mol. The number of aryl methyl sites for hydroxylation is 2. The molecule has 0 radical (unpaired) electrons. The van der Waals surface area contributed by atoms with E-state index in [0.29, 0.717) is 18.0 Å². The van der Waals surface area contributed by atoms with Crippen molar-refractivity contribution in [1.29, 1.82) is 0 Å². The van der Waals surface area contributed by atoms with E-state index >= 15 is 0 Å². The van der Waals surface area contributed by atoms with Crippen LogP contribution in [0.15, 0.2) is 42.5 Å². The van der Waals surface area contributed by atoms with Crippen LogP contribution in [0, 0.1) is 37.5 Å². The third-order valence-electron chi connectivity index (χ3n) is 9.66. The van der Waals surface area contributed by atoms with E-state index < -0.39 is 28.7 Å². The number of anilines is 2. The molecule has 3 amide bonds. The number of nitrogens with one attached hydrogen (secondary N) is 2. The minimum absolute atomic E-state index is 0.0289. The van der Waals surface area contributed by atoms with Crippen LogP contribution >= 0.6 is 11.8 Å². The van der Waals surface area contributed by atoms with E-state index in [2.05, 4.69) is 17.6 Å². The molecule has 0 saturated carbocycles. The van der Waals surface area contributed by atoms with Crippen LogP contribution in [-0.4, -0.2) is 63.0 Å². The van der Waals surface area contributed by atoms with Crippen molar-refractivity contribution in [3.8, 4) is 5.75 Å². The van der Waals surface area contributed by atoms with Gasteiger partial charge >= 0.3 is 0 Å². The highest BCUT2D eigenvalue weighted by atomic mass is 32.2. The molecule has 2 bridgehead atoms. The van der Waals surface area contributed by atoms with E-state index in [-0.39, 0.29) is 41.4 Å². The second-order valence-corrected chi connectivity index (χ2v) is 13.7. The number of fused-ring (bicyclic) bond motifs is 1. The molecule has 1 spiro atoms. The van der Waals surface area contributed by atoms with Crippen molar-refractivity contribution in [1.82, 2.24) is 4.90 Å². The van der Waals surface area contributed by atoms with Crippen LogP contribution < -0.4 is 15.4 Å². The van der Waals surface area contributed by atoms with Gasteiger partial charge in [-0.1, -0.05) is 39.3 Å². The van der Waals surface area contributed by atoms with E-state index in [1.54, 1.807) is 28.8 Å². The minimum atomic E-state index is -0.811.